The predicted molar refractivity (Wildman–Crippen MR) is 329 cm³/mol. The van der Waals surface area contributed by atoms with Gasteiger partial charge < -0.3 is 48.1 Å². The molecule has 474 valence electrons. The van der Waals surface area contributed by atoms with Crippen molar-refractivity contribution in [2.45, 2.75) is 75.0 Å². The summed E-state index contributed by atoms with van der Waals surface area (Å²) in [5.74, 6) is 0.232. The molecule has 0 spiro atoms. The molecule has 12 rings (SSSR count). The summed E-state index contributed by atoms with van der Waals surface area (Å²) < 4.78 is 103. The molecule has 0 saturated carbocycles. The van der Waals surface area contributed by atoms with Crippen LogP contribution in [0.3, 0.4) is 0 Å². The monoisotopic (exact) mass is 1220 g/mol. The van der Waals surface area contributed by atoms with Crippen LogP contribution in [0.1, 0.15) is 72.8 Å². The van der Waals surface area contributed by atoms with E-state index in [0.29, 0.717) is 127 Å². The molecule has 1 atom stereocenters. The summed E-state index contributed by atoms with van der Waals surface area (Å²) >= 11 is 0. The molecule has 3 fully saturated rings. The highest BCUT2D eigenvalue weighted by atomic mass is 19.4. The van der Waals surface area contributed by atoms with E-state index in [0.717, 1.165) is 18.6 Å². The van der Waals surface area contributed by atoms with Crippen molar-refractivity contribution in [1.29, 1.82) is 0 Å². The van der Waals surface area contributed by atoms with Crippen molar-refractivity contribution in [3.8, 4) is 34.2 Å². The average molecular weight is 1220 g/mol. The maximum Gasteiger partial charge on any atom is 0.418 e. The van der Waals surface area contributed by atoms with Gasteiger partial charge in [0, 0.05) is 96.3 Å². The molecule has 0 aliphatic carbocycles. The lowest BCUT2D eigenvalue weighted by Gasteiger charge is -2.43. The molecule has 3 aliphatic heterocycles. The van der Waals surface area contributed by atoms with Crippen molar-refractivity contribution in [1.82, 2.24) is 60.5 Å². The van der Waals surface area contributed by atoms with E-state index >= 15 is 0 Å². The number of piperidine rings is 2. The number of amides is 2. The number of anilines is 3. The molecular formula is C56H83F7N20O3. The number of primary amides is 2. The number of nitrogens with one attached hydrogen (secondary N) is 3. The zero-order valence-corrected chi connectivity index (χ0v) is 46.6. The highest BCUT2D eigenvalue weighted by Crippen LogP contribution is 2.41. The number of carbonyl (C=O) groups is 2. The summed E-state index contributed by atoms with van der Waals surface area (Å²) in [4.78, 5) is 54.2. The Morgan fingerprint density at radius 1 is 0.593 bits per heavy atom. The molecule has 9 aromatic heterocycles. The second kappa shape index (κ2) is 23.8. The Morgan fingerprint density at radius 2 is 0.977 bits per heavy atom. The molecule has 0 aromatic carbocycles. The van der Waals surface area contributed by atoms with Gasteiger partial charge in [-0.2, -0.15) is 41.6 Å². The van der Waals surface area contributed by atoms with Gasteiger partial charge in [-0.3, -0.25) is 24.9 Å². The molecule has 9 aromatic rings. The van der Waals surface area contributed by atoms with Crippen molar-refractivity contribution in [2.75, 3.05) is 67.1 Å². The minimum atomic E-state index is -4.60. The highest BCUT2D eigenvalue weighted by Gasteiger charge is 2.42. The lowest BCUT2D eigenvalue weighted by molar-refractivity contribution is -0.138. The first-order valence-corrected chi connectivity index (χ1v) is 27.4. The number of hydrogen-bond acceptors (Lipinski definition) is 18. The fraction of sp³-hybridized carbons (Fsp3) is 0.375. The summed E-state index contributed by atoms with van der Waals surface area (Å²) in [6.45, 7) is 7.65. The van der Waals surface area contributed by atoms with E-state index in [1.807, 2.05) is 15.9 Å². The first-order valence-electron chi connectivity index (χ1n) is 27.4. The first kappa shape index (κ1) is 60.1. The summed E-state index contributed by atoms with van der Waals surface area (Å²) in [5, 5.41) is 21.9. The van der Waals surface area contributed by atoms with Crippen LogP contribution in [-0.4, -0.2) is 141 Å². The van der Waals surface area contributed by atoms with E-state index in [1.165, 1.54) is 30.6 Å². The van der Waals surface area contributed by atoms with Gasteiger partial charge in [0.2, 0.25) is 11.8 Å². The largest absolute Gasteiger partial charge is 0.418 e. The zero-order valence-electron chi connectivity index (χ0n) is 46.6. The normalized spacial score (nSPS) is 18.0. The number of nitrogens with zero attached hydrogens (tertiary/aromatic N) is 12. The number of ether oxygens (including phenoxy) is 1. The number of rotatable bonds is 11. The Bertz CT molecular complexity index is 3960. The third kappa shape index (κ3) is 12.4. The van der Waals surface area contributed by atoms with Crippen molar-refractivity contribution < 1.29 is 60.8 Å². The number of fused-ring (bicyclic) bond motifs is 3. The SMILES string of the molecule is CC(C)CC1(CN)CN(c2ccc(C(F)(F)F)c(-c3[nH]nc4ncccc34)n2)CCO1.NC(=O)C1(N)CCN(c2ccc(C(F)(F)F)c(-c3[nH]nc4ncccc34)n2)CC1.NC(=O)C1(N)CCN(c2ccc(F)c(-c3[nH]nc4ncccc34)n2)CC1.[HH].[HH].[HH].[HH].[HH].[HH].[HH].[HH].[HH].[HH].[HH]. The van der Waals surface area contributed by atoms with Gasteiger partial charge >= 0.3 is 12.4 Å². The van der Waals surface area contributed by atoms with E-state index in [-0.39, 0.29) is 57.0 Å². The number of hydrogen-bond donors (Lipinski definition) is 8. The molecule has 2 amide bonds. The summed E-state index contributed by atoms with van der Waals surface area (Å²) in [6, 6.07) is 17.9. The Morgan fingerprint density at radius 3 is 1.36 bits per heavy atom. The number of morpholine rings is 1. The molecule has 30 heteroatoms. The Hall–Kier alpha value is -9.00. The van der Waals surface area contributed by atoms with E-state index in [4.69, 9.17) is 33.4 Å². The Balaban J connectivity index is 0. The van der Waals surface area contributed by atoms with Crippen LogP contribution in [-0.2, 0) is 26.7 Å². The van der Waals surface area contributed by atoms with Crippen molar-refractivity contribution >= 4 is 62.4 Å². The molecule has 13 N–H and O–H groups in total. The second-order valence-corrected chi connectivity index (χ2v) is 21.8. The number of H-pyrrole nitrogens is 3. The van der Waals surface area contributed by atoms with E-state index < -0.39 is 57.8 Å². The van der Waals surface area contributed by atoms with Crippen LogP contribution in [0, 0.1) is 11.7 Å². The third-order valence-corrected chi connectivity index (χ3v) is 15.6. The van der Waals surface area contributed by atoms with E-state index in [9.17, 15) is 40.3 Å². The van der Waals surface area contributed by atoms with E-state index in [2.05, 4.69) is 74.3 Å². The number of nitrogens with two attached hydrogens (primary N) is 5. The topological polar surface area (TPSA) is 347 Å². The Kier molecular flexibility index (Phi) is 16.6. The zero-order chi connectivity index (χ0) is 61.3. The summed E-state index contributed by atoms with van der Waals surface area (Å²) in [5.41, 5.74) is 26.1. The van der Waals surface area contributed by atoms with Crippen LogP contribution in [0.5, 0.6) is 0 Å². The highest BCUT2D eigenvalue weighted by molar-refractivity contribution is 5.93. The average Bonchev–Trinajstić information content (AvgIpc) is 1.74. The fourth-order valence-corrected chi connectivity index (χ4v) is 10.8. The predicted octanol–water partition coefficient (Wildman–Crippen LogP) is 9.09. The molecule has 3 aliphatic rings. The van der Waals surface area contributed by atoms with Crippen LogP contribution in [0.25, 0.3) is 67.3 Å². The van der Waals surface area contributed by atoms with Gasteiger partial charge in [0.15, 0.2) is 22.8 Å². The lowest BCUT2D eigenvalue weighted by atomic mass is 9.88. The van der Waals surface area contributed by atoms with Crippen LogP contribution < -0.4 is 43.4 Å². The molecular weight excluding hydrogens is 1130 g/mol. The number of pyridine rings is 6. The second-order valence-electron chi connectivity index (χ2n) is 21.8. The molecule has 0 radical (unpaired) electrons. The standard InChI is InChI=1S/C21H25F3N6O.C18H18F3N7O.C17H18FN7O.11H2/c1-13(2)10-20(11-25)12-30(8-9-31-20)16-6-5-15(21(22,23)24)18(27-16)17-14-4-3-7-26-19(14)29-28-17;19-18(20,21)11-3-4-12(28-8-5-17(23,6-9-28)16(22)29)25-14(11)13-10-2-1-7-24-15(10)27-26-13;18-11-3-4-12(25-8-5-17(20,6-9-25)16(19)26)22-14(11)13-10-2-1-7-21-15(10)24-23-13;;;;;;;;;;;/h3-7,13H,8-12,25H2,1-2H3,(H,26,28,29);1-4,7H,5-6,8-9,23H2,(H2,22,29)(H,24,26,27);1-4,7H,5-6,8-9,20H2,(H2,19,26)(H,21,23,24);11*1H. The number of aromatic amines is 3. The van der Waals surface area contributed by atoms with Gasteiger partial charge in [0.1, 0.15) is 34.5 Å². The minimum Gasteiger partial charge on any atom is -0.370 e. The van der Waals surface area contributed by atoms with Crippen LogP contribution >= 0.6 is 0 Å². The summed E-state index contributed by atoms with van der Waals surface area (Å²) in [7, 11) is 0. The van der Waals surface area contributed by atoms with Crippen LogP contribution in [0.4, 0.5) is 48.2 Å². The Labute approximate surface area is 502 Å². The molecule has 12 heterocycles. The van der Waals surface area contributed by atoms with Crippen molar-refractivity contribution in [3.63, 3.8) is 0 Å². The van der Waals surface area contributed by atoms with Gasteiger partial charge in [-0.1, -0.05) is 13.8 Å². The van der Waals surface area contributed by atoms with Crippen molar-refractivity contribution in [2.24, 2.45) is 34.6 Å². The molecule has 23 nitrogen and oxygen atoms in total. The lowest BCUT2D eigenvalue weighted by Crippen LogP contribution is -2.58. The van der Waals surface area contributed by atoms with Gasteiger partial charge in [0.25, 0.3) is 0 Å². The van der Waals surface area contributed by atoms with Gasteiger partial charge in [-0.25, -0.2) is 34.3 Å². The molecule has 3 saturated heterocycles. The van der Waals surface area contributed by atoms with Gasteiger partial charge in [0.05, 0.1) is 51.5 Å². The van der Waals surface area contributed by atoms with Crippen molar-refractivity contribution in [3.05, 3.63) is 108 Å². The summed E-state index contributed by atoms with van der Waals surface area (Å²) in [6.07, 6.45) is -2.31. The number of halogens is 7. The molecule has 86 heavy (non-hydrogen) atoms. The van der Waals surface area contributed by atoms with Gasteiger partial charge in [-0.15, -0.1) is 0 Å². The maximum absolute atomic E-state index is 14.4. The molecule has 1 unspecified atom stereocenters. The van der Waals surface area contributed by atoms with Crippen LogP contribution in [0.2, 0.25) is 0 Å². The smallest absolute Gasteiger partial charge is 0.370 e. The van der Waals surface area contributed by atoms with E-state index in [1.54, 1.807) is 47.5 Å². The minimum absolute atomic E-state index is 0. The quantitative estimate of drug-likeness (QED) is 0.0559. The number of alkyl halides is 6. The van der Waals surface area contributed by atoms with Gasteiger partial charge in [-0.05, 0) is 111 Å². The number of aromatic nitrogens is 12. The number of carbonyl (C=O) groups excluding carboxylic acids is 2. The third-order valence-electron chi connectivity index (χ3n) is 15.6. The molecule has 0 bridgehead atoms. The van der Waals surface area contributed by atoms with Crippen LogP contribution in [0.15, 0.2) is 91.4 Å². The maximum atomic E-state index is 14.4. The fourth-order valence-electron chi connectivity index (χ4n) is 10.8. The first-order chi connectivity index (χ1) is 40.9.